The van der Waals surface area contributed by atoms with Crippen molar-refractivity contribution in [3.8, 4) is 0 Å². The molecule has 2 aliphatic rings. The number of carbonyl (C=O) groups is 3. The van der Waals surface area contributed by atoms with Crippen LogP contribution in [0.1, 0.15) is 17.5 Å². The third-order valence-corrected chi connectivity index (χ3v) is 5.95. The zero-order valence-corrected chi connectivity index (χ0v) is 18.0. The molecule has 0 aromatic heterocycles. The molecule has 8 heteroatoms. The van der Waals surface area contributed by atoms with Gasteiger partial charge in [-0.15, -0.1) is 0 Å². The fourth-order valence-electron chi connectivity index (χ4n) is 4.08. The number of rotatable bonds is 3. The SMILES string of the molecule is O=C1Nc2ccc(Cl)cc2C(C2=CC(=O)N(O)C(=O)C2)=NC1Cc1ccc2ccccc2c1. The maximum Gasteiger partial charge on any atom is 0.277 e. The van der Waals surface area contributed by atoms with E-state index in [4.69, 9.17) is 16.6 Å². The summed E-state index contributed by atoms with van der Waals surface area (Å²) in [6.45, 7) is 0. The Labute approximate surface area is 193 Å². The third-order valence-electron chi connectivity index (χ3n) is 5.71. The van der Waals surface area contributed by atoms with Crippen LogP contribution in [0.2, 0.25) is 5.02 Å². The van der Waals surface area contributed by atoms with Crippen LogP contribution in [0, 0.1) is 0 Å². The minimum absolute atomic E-state index is 0.0790. The fourth-order valence-corrected chi connectivity index (χ4v) is 4.25. The number of imide groups is 1. The molecule has 0 fully saturated rings. The van der Waals surface area contributed by atoms with Crippen molar-refractivity contribution in [3.63, 3.8) is 0 Å². The maximum absolute atomic E-state index is 13.1. The molecule has 2 aliphatic heterocycles. The number of aliphatic imine (C=N–C) groups is 1. The minimum atomic E-state index is -0.859. The summed E-state index contributed by atoms with van der Waals surface area (Å²) in [7, 11) is 0. The fraction of sp³-hybridized carbons (Fsp3) is 0.120. The molecule has 33 heavy (non-hydrogen) atoms. The normalized spacial score (nSPS) is 18.4. The lowest BCUT2D eigenvalue weighted by molar-refractivity contribution is -0.176. The third kappa shape index (κ3) is 4.04. The number of benzodiazepines with no additional fused rings is 1. The molecule has 3 aromatic carbocycles. The number of hydrogen-bond acceptors (Lipinski definition) is 5. The topological polar surface area (TPSA) is 99.1 Å². The maximum atomic E-state index is 13.1. The number of anilines is 1. The van der Waals surface area contributed by atoms with E-state index in [1.807, 2.05) is 42.5 Å². The van der Waals surface area contributed by atoms with Gasteiger partial charge in [0.25, 0.3) is 11.8 Å². The van der Waals surface area contributed by atoms with Crippen LogP contribution in [0.25, 0.3) is 10.8 Å². The number of halogens is 1. The van der Waals surface area contributed by atoms with Gasteiger partial charge in [-0.2, -0.15) is 5.06 Å². The molecule has 3 amide bonds. The molecule has 0 saturated heterocycles. The van der Waals surface area contributed by atoms with E-state index in [0.717, 1.165) is 22.4 Å². The van der Waals surface area contributed by atoms with Gasteiger partial charge in [-0.25, -0.2) is 0 Å². The van der Waals surface area contributed by atoms with Crippen LogP contribution in [0.15, 0.2) is 77.3 Å². The molecule has 0 aliphatic carbocycles. The van der Waals surface area contributed by atoms with Gasteiger partial charge in [-0.3, -0.25) is 24.6 Å². The zero-order chi connectivity index (χ0) is 23.1. The Kier molecular flexibility index (Phi) is 5.28. The van der Waals surface area contributed by atoms with Crippen molar-refractivity contribution in [3.05, 3.63) is 88.5 Å². The van der Waals surface area contributed by atoms with Crippen molar-refractivity contribution < 1.29 is 19.6 Å². The summed E-state index contributed by atoms with van der Waals surface area (Å²) in [6, 6.07) is 18.0. The van der Waals surface area contributed by atoms with Crippen LogP contribution in [0.4, 0.5) is 5.69 Å². The van der Waals surface area contributed by atoms with E-state index >= 15 is 0 Å². The summed E-state index contributed by atoms with van der Waals surface area (Å²) in [4.78, 5) is 42.0. The summed E-state index contributed by atoms with van der Waals surface area (Å²) in [5, 5.41) is 15.1. The van der Waals surface area contributed by atoms with Crippen molar-refractivity contribution in [2.75, 3.05) is 5.32 Å². The van der Waals surface area contributed by atoms with E-state index < -0.39 is 17.9 Å². The number of carbonyl (C=O) groups excluding carboxylic acids is 3. The van der Waals surface area contributed by atoms with Gasteiger partial charge in [0.15, 0.2) is 0 Å². The Bertz CT molecular complexity index is 1400. The largest absolute Gasteiger partial charge is 0.324 e. The lowest BCUT2D eigenvalue weighted by atomic mass is 9.95. The first-order valence-electron chi connectivity index (χ1n) is 10.3. The van der Waals surface area contributed by atoms with Crippen molar-refractivity contribution in [1.29, 1.82) is 0 Å². The van der Waals surface area contributed by atoms with Gasteiger partial charge < -0.3 is 5.32 Å². The van der Waals surface area contributed by atoms with Crippen LogP contribution in [0.5, 0.6) is 0 Å². The Balaban J connectivity index is 1.59. The molecule has 164 valence electrons. The molecular weight excluding hydrogens is 442 g/mol. The summed E-state index contributed by atoms with van der Waals surface area (Å²) in [6.07, 6.45) is 1.25. The van der Waals surface area contributed by atoms with E-state index in [2.05, 4.69) is 5.32 Å². The van der Waals surface area contributed by atoms with Gasteiger partial charge >= 0.3 is 0 Å². The van der Waals surface area contributed by atoms with E-state index in [0.29, 0.717) is 34.0 Å². The van der Waals surface area contributed by atoms with Crippen molar-refractivity contribution in [1.82, 2.24) is 5.06 Å². The molecule has 0 saturated carbocycles. The summed E-state index contributed by atoms with van der Waals surface area (Å²) < 4.78 is 0. The van der Waals surface area contributed by atoms with Gasteiger partial charge in [-0.05, 0) is 40.1 Å². The average molecular weight is 460 g/mol. The first-order chi connectivity index (χ1) is 15.9. The van der Waals surface area contributed by atoms with E-state index in [-0.39, 0.29) is 17.4 Å². The summed E-state index contributed by atoms with van der Waals surface area (Å²) >= 11 is 6.20. The lowest BCUT2D eigenvalue weighted by Gasteiger charge is -2.20. The summed E-state index contributed by atoms with van der Waals surface area (Å²) in [5.41, 5.74) is 2.56. The molecule has 3 aromatic rings. The second-order valence-electron chi connectivity index (χ2n) is 7.95. The van der Waals surface area contributed by atoms with Gasteiger partial charge in [0.1, 0.15) is 6.04 Å². The van der Waals surface area contributed by atoms with E-state index in [9.17, 15) is 19.6 Å². The molecule has 0 bridgehead atoms. The quantitative estimate of drug-likeness (QED) is 0.458. The Hall–Kier alpha value is -3.81. The van der Waals surface area contributed by atoms with Crippen molar-refractivity contribution in [2.24, 2.45) is 4.99 Å². The highest BCUT2D eigenvalue weighted by atomic mass is 35.5. The first-order valence-corrected chi connectivity index (χ1v) is 10.7. The number of nitrogens with zero attached hydrogens (tertiary/aromatic N) is 2. The van der Waals surface area contributed by atoms with Crippen LogP contribution in [-0.4, -0.2) is 39.7 Å². The Morgan fingerprint density at radius 3 is 2.61 bits per heavy atom. The van der Waals surface area contributed by atoms with Crippen LogP contribution in [0.3, 0.4) is 0 Å². The van der Waals surface area contributed by atoms with Gasteiger partial charge in [0.2, 0.25) is 5.91 Å². The van der Waals surface area contributed by atoms with Crippen molar-refractivity contribution in [2.45, 2.75) is 18.9 Å². The highest BCUT2D eigenvalue weighted by molar-refractivity contribution is 6.32. The second kappa shape index (κ2) is 8.27. The van der Waals surface area contributed by atoms with Crippen LogP contribution in [-0.2, 0) is 20.8 Å². The number of nitrogens with one attached hydrogen (secondary N) is 1. The predicted molar refractivity (Wildman–Crippen MR) is 124 cm³/mol. The summed E-state index contributed by atoms with van der Waals surface area (Å²) in [5.74, 6) is -1.93. The van der Waals surface area contributed by atoms with E-state index in [1.165, 1.54) is 0 Å². The molecule has 2 heterocycles. The van der Waals surface area contributed by atoms with Crippen LogP contribution >= 0.6 is 11.6 Å². The number of hydrogen-bond donors (Lipinski definition) is 2. The standard InChI is InChI=1S/C25H18ClN3O4/c26-18-7-8-20-19(13-18)24(17-11-22(30)29(33)23(31)12-17)27-21(25(32)28-20)10-14-5-6-15-3-1-2-4-16(15)9-14/h1-9,11,13,21,33H,10,12H2,(H,28,32). The predicted octanol–water partition coefficient (Wildman–Crippen LogP) is 3.92. The zero-order valence-electron chi connectivity index (χ0n) is 17.3. The van der Waals surface area contributed by atoms with Crippen LogP contribution < -0.4 is 5.32 Å². The highest BCUT2D eigenvalue weighted by Crippen LogP contribution is 2.30. The van der Waals surface area contributed by atoms with Gasteiger partial charge in [-0.1, -0.05) is 54.1 Å². The minimum Gasteiger partial charge on any atom is -0.324 e. The molecule has 2 N–H and O–H groups in total. The second-order valence-corrected chi connectivity index (χ2v) is 8.38. The number of hydroxylamine groups is 2. The highest BCUT2D eigenvalue weighted by Gasteiger charge is 2.32. The Morgan fingerprint density at radius 2 is 1.82 bits per heavy atom. The van der Waals surface area contributed by atoms with Gasteiger partial charge in [0.05, 0.1) is 17.8 Å². The monoisotopic (exact) mass is 459 g/mol. The molecule has 1 unspecified atom stereocenters. The molecule has 1 atom stereocenters. The lowest BCUT2D eigenvalue weighted by Crippen LogP contribution is -2.37. The number of benzene rings is 3. The first kappa shape index (κ1) is 21.1. The molecule has 0 radical (unpaired) electrons. The molecule has 5 rings (SSSR count). The molecular formula is C25H18ClN3O4. The molecule has 7 nitrogen and oxygen atoms in total. The smallest absolute Gasteiger partial charge is 0.277 e. The Morgan fingerprint density at radius 1 is 1.03 bits per heavy atom. The average Bonchev–Trinajstić information content (AvgIpc) is 2.93. The van der Waals surface area contributed by atoms with E-state index in [1.54, 1.807) is 18.2 Å². The molecule has 0 spiro atoms. The number of amides is 3. The van der Waals surface area contributed by atoms with Crippen molar-refractivity contribution >= 4 is 51.5 Å². The van der Waals surface area contributed by atoms with Gasteiger partial charge in [0, 0.05) is 23.1 Å². The number of fused-ring (bicyclic) bond motifs is 2.